The highest BCUT2D eigenvalue weighted by Gasteiger charge is 2.50. The van der Waals surface area contributed by atoms with Crippen LogP contribution in [0, 0.1) is 17.3 Å². The van der Waals surface area contributed by atoms with Gasteiger partial charge in [-0.25, -0.2) is 4.68 Å². The Morgan fingerprint density at radius 2 is 2.08 bits per heavy atom. The molecular formula is C19H26N4O2. The number of nitrogens with one attached hydrogen (secondary N) is 1. The van der Waals surface area contributed by atoms with E-state index in [2.05, 4.69) is 29.5 Å². The summed E-state index contributed by atoms with van der Waals surface area (Å²) in [6, 6.07) is 7.75. The number of aromatic nitrogens is 3. The first-order chi connectivity index (χ1) is 11.8. The number of Topliss-reactive ketones (excluding diaryl/α,β-unsaturated/α-hetero) is 1. The van der Waals surface area contributed by atoms with Crippen LogP contribution in [-0.4, -0.2) is 32.7 Å². The second-order valence-electron chi connectivity index (χ2n) is 7.85. The smallest absolute Gasteiger partial charge is 0.220 e. The molecule has 1 N–H and O–H groups in total. The Bertz CT molecular complexity index is 796. The maximum atomic E-state index is 12.4. The Kier molecular flexibility index (Phi) is 4.62. The van der Waals surface area contributed by atoms with Crippen LogP contribution < -0.4 is 5.32 Å². The average Bonchev–Trinajstić information content (AvgIpc) is 2.93. The molecule has 3 atom stereocenters. The van der Waals surface area contributed by atoms with Gasteiger partial charge in [-0.1, -0.05) is 31.2 Å². The van der Waals surface area contributed by atoms with E-state index < -0.39 is 0 Å². The van der Waals surface area contributed by atoms with Gasteiger partial charge in [-0.3, -0.25) is 9.59 Å². The van der Waals surface area contributed by atoms with Crippen molar-refractivity contribution in [1.29, 1.82) is 0 Å². The van der Waals surface area contributed by atoms with Crippen LogP contribution >= 0.6 is 0 Å². The number of carbonyl (C=O) groups excluding carboxylic acids is 2. The van der Waals surface area contributed by atoms with E-state index in [0.717, 1.165) is 17.5 Å². The zero-order valence-electron chi connectivity index (χ0n) is 15.3. The van der Waals surface area contributed by atoms with Crippen LogP contribution in [0.3, 0.4) is 0 Å². The van der Waals surface area contributed by atoms with Crippen molar-refractivity contribution >= 4 is 22.7 Å². The van der Waals surface area contributed by atoms with Gasteiger partial charge in [0, 0.05) is 18.4 Å². The summed E-state index contributed by atoms with van der Waals surface area (Å²) in [6.07, 6.45) is 1.29. The minimum Gasteiger partial charge on any atom is -0.352 e. The first kappa shape index (κ1) is 17.6. The summed E-state index contributed by atoms with van der Waals surface area (Å²) in [7, 11) is 0. The molecule has 1 amide bonds. The van der Waals surface area contributed by atoms with E-state index in [4.69, 9.17) is 0 Å². The van der Waals surface area contributed by atoms with Gasteiger partial charge in [0.05, 0.1) is 12.1 Å². The molecule has 0 radical (unpaired) electrons. The summed E-state index contributed by atoms with van der Waals surface area (Å²) in [5.74, 6) is 0.620. The molecule has 1 aliphatic rings. The van der Waals surface area contributed by atoms with E-state index in [1.807, 2.05) is 35.9 Å². The number of ketones is 1. The predicted molar refractivity (Wildman–Crippen MR) is 95.8 cm³/mol. The van der Waals surface area contributed by atoms with E-state index in [0.29, 0.717) is 13.0 Å². The van der Waals surface area contributed by atoms with Crippen LogP contribution in [0.4, 0.5) is 0 Å². The molecule has 0 spiro atoms. The minimum atomic E-state index is -0.0888. The van der Waals surface area contributed by atoms with Gasteiger partial charge >= 0.3 is 0 Å². The van der Waals surface area contributed by atoms with Crippen LogP contribution in [0.2, 0.25) is 0 Å². The fourth-order valence-corrected chi connectivity index (χ4v) is 3.97. The van der Waals surface area contributed by atoms with Crippen molar-refractivity contribution in [2.45, 2.75) is 53.1 Å². The predicted octanol–water partition coefficient (Wildman–Crippen LogP) is 2.58. The van der Waals surface area contributed by atoms with Crippen LogP contribution in [0.15, 0.2) is 24.3 Å². The molecule has 6 heteroatoms. The fraction of sp³-hybridized carbons (Fsp3) is 0.579. The molecule has 25 heavy (non-hydrogen) atoms. The van der Waals surface area contributed by atoms with Crippen molar-refractivity contribution in [3.05, 3.63) is 24.3 Å². The van der Waals surface area contributed by atoms with Crippen molar-refractivity contribution in [3.8, 4) is 0 Å². The lowest BCUT2D eigenvalue weighted by Gasteiger charge is -2.51. The van der Waals surface area contributed by atoms with Gasteiger partial charge in [-0.15, -0.1) is 5.10 Å². The number of para-hydroxylation sites is 1. The van der Waals surface area contributed by atoms with E-state index >= 15 is 0 Å². The third kappa shape index (κ3) is 3.43. The number of fused-ring (bicyclic) bond motifs is 1. The van der Waals surface area contributed by atoms with Crippen molar-refractivity contribution in [2.24, 2.45) is 17.3 Å². The molecule has 1 fully saturated rings. The lowest BCUT2D eigenvalue weighted by Crippen LogP contribution is -2.50. The third-order valence-corrected chi connectivity index (χ3v) is 5.67. The molecule has 2 unspecified atom stereocenters. The zero-order valence-corrected chi connectivity index (χ0v) is 15.3. The Balaban J connectivity index is 1.54. The zero-order chi connectivity index (χ0) is 18.2. The molecule has 0 aliphatic heterocycles. The van der Waals surface area contributed by atoms with Crippen molar-refractivity contribution < 1.29 is 9.59 Å². The van der Waals surface area contributed by atoms with Crippen LogP contribution in [-0.2, 0) is 16.1 Å². The molecule has 0 bridgehead atoms. The molecule has 134 valence electrons. The monoisotopic (exact) mass is 342 g/mol. The Morgan fingerprint density at radius 1 is 1.36 bits per heavy atom. The topological polar surface area (TPSA) is 76.9 Å². The largest absolute Gasteiger partial charge is 0.352 e. The normalized spacial score (nSPS) is 23.0. The van der Waals surface area contributed by atoms with E-state index in [9.17, 15) is 9.59 Å². The number of carbonyl (C=O) groups is 2. The third-order valence-electron chi connectivity index (χ3n) is 5.67. The Labute approximate surface area is 148 Å². The lowest BCUT2D eigenvalue weighted by atomic mass is 9.52. The molecular weight excluding hydrogens is 316 g/mol. The highest BCUT2D eigenvalue weighted by Crippen LogP contribution is 2.53. The second-order valence-corrected chi connectivity index (χ2v) is 7.85. The Hall–Kier alpha value is -2.24. The number of hydrogen-bond donors (Lipinski definition) is 1. The summed E-state index contributed by atoms with van der Waals surface area (Å²) in [4.78, 5) is 24.0. The fourth-order valence-electron chi connectivity index (χ4n) is 3.97. The first-order valence-corrected chi connectivity index (χ1v) is 8.87. The minimum absolute atomic E-state index is 0.0376. The number of nitrogens with zero attached hydrogens (tertiary/aromatic N) is 3. The number of rotatable bonds is 6. The summed E-state index contributed by atoms with van der Waals surface area (Å²) < 4.78 is 1.82. The highest BCUT2D eigenvalue weighted by molar-refractivity contribution is 5.81. The number of benzene rings is 1. The summed E-state index contributed by atoms with van der Waals surface area (Å²) >= 11 is 0. The first-order valence-electron chi connectivity index (χ1n) is 8.87. The molecule has 1 saturated carbocycles. The van der Waals surface area contributed by atoms with Crippen LogP contribution in [0.1, 0.15) is 40.5 Å². The van der Waals surface area contributed by atoms with Gasteiger partial charge in [-0.2, -0.15) is 0 Å². The molecule has 1 aromatic carbocycles. The van der Waals surface area contributed by atoms with E-state index in [1.165, 1.54) is 0 Å². The van der Waals surface area contributed by atoms with Crippen molar-refractivity contribution in [1.82, 2.24) is 20.3 Å². The maximum absolute atomic E-state index is 12.4. The van der Waals surface area contributed by atoms with Gasteiger partial charge in [0.1, 0.15) is 11.3 Å². The summed E-state index contributed by atoms with van der Waals surface area (Å²) in [6.45, 7) is 8.37. The van der Waals surface area contributed by atoms with E-state index in [1.54, 1.807) is 6.92 Å². The van der Waals surface area contributed by atoms with Gasteiger partial charge < -0.3 is 5.32 Å². The van der Waals surface area contributed by atoms with Gasteiger partial charge in [0.25, 0.3) is 0 Å². The van der Waals surface area contributed by atoms with Crippen molar-refractivity contribution in [2.75, 3.05) is 0 Å². The standard InChI is InChI=1S/C19H26N4O2/c1-12(11-23-17-8-6-5-7-16(17)21-22-23)20-18(25)10-14-9-15(13(2)24)19(14,3)4/h5-8,12,14-15H,9-11H2,1-4H3,(H,20,25)/t12-,14?,15?/m0/s1. The summed E-state index contributed by atoms with van der Waals surface area (Å²) in [5, 5.41) is 11.3. The molecule has 3 rings (SSSR count). The second kappa shape index (κ2) is 6.58. The van der Waals surface area contributed by atoms with Crippen LogP contribution in [0.25, 0.3) is 11.0 Å². The maximum Gasteiger partial charge on any atom is 0.220 e. The van der Waals surface area contributed by atoms with Crippen molar-refractivity contribution in [3.63, 3.8) is 0 Å². The molecule has 6 nitrogen and oxygen atoms in total. The average molecular weight is 342 g/mol. The lowest BCUT2D eigenvalue weighted by molar-refractivity contribution is -0.141. The van der Waals surface area contributed by atoms with E-state index in [-0.39, 0.29) is 35.0 Å². The Morgan fingerprint density at radius 3 is 2.76 bits per heavy atom. The molecule has 1 aromatic heterocycles. The van der Waals surface area contributed by atoms with Gasteiger partial charge in [0.15, 0.2) is 0 Å². The molecule has 0 saturated heterocycles. The van der Waals surface area contributed by atoms with Gasteiger partial charge in [0.2, 0.25) is 5.91 Å². The number of hydrogen-bond acceptors (Lipinski definition) is 4. The van der Waals surface area contributed by atoms with Crippen LogP contribution in [0.5, 0.6) is 0 Å². The number of amides is 1. The van der Waals surface area contributed by atoms with Gasteiger partial charge in [-0.05, 0) is 43.7 Å². The molecule has 1 aliphatic carbocycles. The quantitative estimate of drug-likeness (QED) is 0.875. The SMILES string of the molecule is CC(=O)C1CC(CC(=O)N[C@@H](C)Cn2nnc3ccccc32)C1(C)C. The molecule has 1 heterocycles. The highest BCUT2D eigenvalue weighted by atomic mass is 16.1. The summed E-state index contributed by atoms with van der Waals surface area (Å²) in [5.41, 5.74) is 1.73. The molecule has 2 aromatic rings.